The molecule has 0 aromatic carbocycles. The third-order valence-electron chi connectivity index (χ3n) is 2.92. The van der Waals surface area contributed by atoms with Gasteiger partial charge in [-0.2, -0.15) is 4.98 Å². The number of nitrogens with zero attached hydrogens (tertiary/aromatic N) is 3. The molecule has 2 N–H and O–H groups in total. The molecule has 19 heavy (non-hydrogen) atoms. The summed E-state index contributed by atoms with van der Waals surface area (Å²) >= 11 is 6.70. The number of hydrogen-bond acceptors (Lipinski definition) is 5. The number of thiazole rings is 1. The van der Waals surface area contributed by atoms with E-state index in [-0.39, 0.29) is 0 Å². The maximum atomic E-state index is 5.02. The molecular weight excluding hydrogens is 278 g/mol. The number of hydrogen-bond donors (Lipinski definition) is 2. The molecule has 0 aliphatic rings. The predicted molar refractivity (Wildman–Crippen MR) is 82.4 cm³/mol. The topological polar surface area (TPSA) is 60.6 Å². The van der Waals surface area contributed by atoms with Crippen LogP contribution in [0, 0.1) is 4.77 Å². The molecule has 0 unspecified atom stereocenters. The van der Waals surface area contributed by atoms with Gasteiger partial charge in [-0.05, 0) is 32.5 Å². The van der Waals surface area contributed by atoms with E-state index in [0.717, 1.165) is 47.5 Å². The largest absolute Gasteiger partial charge is 0.349 e. The minimum absolute atomic E-state index is 0.482. The van der Waals surface area contributed by atoms with Crippen LogP contribution in [0.25, 0.3) is 10.7 Å². The van der Waals surface area contributed by atoms with Crippen LogP contribution in [0.2, 0.25) is 0 Å². The lowest BCUT2D eigenvalue weighted by atomic mass is 10.2. The molecule has 0 aliphatic heterocycles. The van der Waals surface area contributed by atoms with Gasteiger partial charge in [-0.25, -0.2) is 4.98 Å². The second kappa shape index (κ2) is 6.29. The lowest BCUT2D eigenvalue weighted by molar-refractivity contribution is 0.841. The van der Waals surface area contributed by atoms with Gasteiger partial charge in [-0.3, -0.25) is 10.2 Å². The lowest BCUT2D eigenvalue weighted by Gasteiger charge is -2.16. The molecular formula is C12H19N5S2. The third-order valence-corrected chi connectivity index (χ3v) is 4.28. The Hall–Kier alpha value is -1.21. The first kappa shape index (κ1) is 14.2. The quantitative estimate of drug-likeness (QED) is 0.802. The van der Waals surface area contributed by atoms with Gasteiger partial charge in [0.1, 0.15) is 0 Å². The number of rotatable bonds is 6. The van der Waals surface area contributed by atoms with Crippen LogP contribution in [0.5, 0.6) is 0 Å². The molecule has 0 spiro atoms. The Labute approximate surface area is 122 Å². The summed E-state index contributed by atoms with van der Waals surface area (Å²) in [6.07, 6.45) is 2.03. The van der Waals surface area contributed by atoms with Crippen LogP contribution in [-0.4, -0.2) is 33.3 Å². The van der Waals surface area contributed by atoms with Crippen LogP contribution >= 0.6 is 23.6 Å². The van der Waals surface area contributed by atoms with Crippen molar-refractivity contribution in [2.75, 3.05) is 18.0 Å². The van der Waals surface area contributed by atoms with E-state index in [1.807, 2.05) is 0 Å². The molecule has 0 saturated carbocycles. The number of H-pyrrole nitrogens is 2. The SMILES string of the molecule is CCCc1nc(N(CC)CC)sc1-c1nc(=S)[nH][nH]1. The zero-order chi connectivity index (χ0) is 13.8. The van der Waals surface area contributed by atoms with Crippen LogP contribution in [0.4, 0.5) is 5.13 Å². The number of aromatic amines is 2. The third kappa shape index (κ3) is 3.03. The molecule has 0 amide bonds. The van der Waals surface area contributed by atoms with E-state index in [1.165, 1.54) is 0 Å². The molecule has 5 nitrogen and oxygen atoms in total. The second-order valence-electron chi connectivity index (χ2n) is 4.21. The van der Waals surface area contributed by atoms with Crippen LogP contribution in [0.15, 0.2) is 0 Å². The van der Waals surface area contributed by atoms with Crippen LogP contribution < -0.4 is 4.90 Å². The van der Waals surface area contributed by atoms with Crippen molar-refractivity contribution in [3.8, 4) is 10.7 Å². The van der Waals surface area contributed by atoms with Crippen LogP contribution in [-0.2, 0) is 6.42 Å². The van der Waals surface area contributed by atoms with E-state index in [9.17, 15) is 0 Å². The smallest absolute Gasteiger partial charge is 0.213 e. The highest BCUT2D eigenvalue weighted by Crippen LogP contribution is 2.33. The summed E-state index contributed by atoms with van der Waals surface area (Å²) in [5.74, 6) is 0.796. The molecule has 0 saturated heterocycles. The van der Waals surface area contributed by atoms with Gasteiger partial charge in [0.05, 0.1) is 10.6 Å². The van der Waals surface area contributed by atoms with Gasteiger partial charge in [0.25, 0.3) is 0 Å². The van der Waals surface area contributed by atoms with Crippen molar-refractivity contribution >= 4 is 28.7 Å². The van der Waals surface area contributed by atoms with Crippen molar-refractivity contribution < 1.29 is 0 Å². The molecule has 0 atom stereocenters. The predicted octanol–water partition coefficient (Wildman–Crippen LogP) is 3.39. The minimum Gasteiger partial charge on any atom is -0.349 e. The molecule has 2 aromatic rings. The minimum atomic E-state index is 0.482. The van der Waals surface area contributed by atoms with E-state index in [4.69, 9.17) is 17.2 Å². The molecule has 0 radical (unpaired) electrons. The van der Waals surface area contributed by atoms with Crippen molar-refractivity contribution in [1.82, 2.24) is 20.2 Å². The summed E-state index contributed by atoms with van der Waals surface area (Å²) in [5.41, 5.74) is 1.10. The summed E-state index contributed by atoms with van der Waals surface area (Å²) in [7, 11) is 0. The fraction of sp³-hybridized carbons (Fsp3) is 0.583. The maximum Gasteiger partial charge on any atom is 0.213 e. The fourth-order valence-electron chi connectivity index (χ4n) is 1.94. The van der Waals surface area contributed by atoms with Crippen molar-refractivity contribution in [3.63, 3.8) is 0 Å². The molecule has 2 heterocycles. The number of nitrogens with one attached hydrogen (secondary N) is 2. The lowest BCUT2D eigenvalue weighted by Crippen LogP contribution is -2.21. The molecule has 2 rings (SSSR count). The molecule has 0 fully saturated rings. The highest BCUT2D eigenvalue weighted by atomic mass is 32.1. The Morgan fingerprint density at radius 3 is 2.42 bits per heavy atom. The Morgan fingerprint density at radius 2 is 1.89 bits per heavy atom. The Kier molecular flexibility index (Phi) is 4.71. The van der Waals surface area contributed by atoms with Gasteiger partial charge in [-0.1, -0.05) is 24.7 Å². The normalized spacial score (nSPS) is 10.9. The molecule has 104 valence electrons. The van der Waals surface area contributed by atoms with Crippen LogP contribution in [0.3, 0.4) is 0 Å². The first-order valence-electron chi connectivity index (χ1n) is 6.59. The summed E-state index contributed by atoms with van der Waals surface area (Å²) in [6.45, 7) is 8.38. The summed E-state index contributed by atoms with van der Waals surface area (Å²) < 4.78 is 0.482. The van der Waals surface area contributed by atoms with Gasteiger partial charge in [-0.15, -0.1) is 0 Å². The second-order valence-corrected chi connectivity index (χ2v) is 5.57. The van der Waals surface area contributed by atoms with Crippen LogP contribution in [0.1, 0.15) is 32.9 Å². The van der Waals surface area contributed by atoms with Crippen molar-refractivity contribution in [1.29, 1.82) is 0 Å². The highest BCUT2D eigenvalue weighted by molar-refractivity contribution is 7.71. The number of aryl methyl sites for hydroxylation is 1. The first-order chi connectivity index (χ1) is 9.19. The van der Waals surface area contributed by atoms with E-state index < -0.39 is 0 Å². The zero-order valence-electron chi connectivity index (χ0n) is 11.5. The monoisotopic (exact) mass is 297 g/mol. The van der Waals surface area contributed by atoms with E-state index in [0.29, 0.717) is 4.77 Å². The van der Waals surface area contributed by atoms with Crippen molar-refractivity contribution in [3.05, 3.63) is 10.5 Å². The summed E-state index contributed by atoms with van der Waals surface area (Å²) in [5, 5.41) is 6.93. The summed E-state index contributed by atoms with van der Waals surface area (Å²) in [4.78, 5) is 12.4. The van der Waals surface area contributed by atoms with E-state index in [1.54, 1.807) is 11.3 Å². The van der Waals surface area contributed by atoms with Gasteiger partial charge in [0.2, 0.25) is 4.77 Å². The average molecular weight is 297 g/mol. The Morgan fingerprint density at radius 1 is 1.16 bits per heavy atom. The number of anilines is 1. The van der Waals surface area contributed by atoms with E-state index >= 15 is 0 Å². The summed E-state index contributed by atoms with van der Waals surface area (Å²) in [6, 6.07) is 0. The first-order valence-corrected chi connectivity index (χ1v) is 7.81. The van der Waals surface area contributed by atoms with Gasteiger partial charge >= 0.3 is 0 Å². The number of aromatic nitrogens is 4. The molecule has 7 heteroatoms. The molecule has 2 aromatic heterocycles. The zero-order valence-corrected chi connectivity index (χ0v) is 13.1. The Balaban J connectivity index is 2.43. The van der Waals surface area contributed by atoms with E-state index in [2.05, 4.69) is 40.9 Å². The van der Waals surface area contributed by atoms with Crippen molar-refractivity contribution in [2.24, 2.45) is 0 Å². The average Bonchev–Trinajstić information content (AvgIpc) is 2.98. The maximum absolute atomic E-state index is 5.02. The molecule has 0 aliphatic carbocycles. The molecule has 0 bridgehead atoms. The van der Waals surface area contributed by atoms with Gasteiger partial charge in [0.15, 0.2) is 11.0 Å². The highest BCUT2D eigenvalue weighted by Gasteiger charge is 2.17. The Bertz CT molecular complexity index is 579. The van der Waals surface area contributed by atoms with Crippen molar-refractivity contribution in [2.45, 2.75) is 33.6 Å². The fourth-order valence-corrected chi connectivity index (χ4v) is 3.26. The van der Waals surface area contributed by atoms with Gasteiger partial charge in [0, 0.05) is 13.1 Å². The standard InChI is InChI=1S/C12H19N5S2/c1-4-7-8-9(10-14-11(18)16-15-10)19-12(13-8)17(5-2)6-3/h4-7H2,1-3H3,(H2,14,15,16,18). The van der Waals surface area contributed by atoms with Gasteiger partial charge < -0.3 is 4.90 Å².